The van der Waals surface area contributed by atoms with Crippen LogP contribution in [0.4, 0.5) is 4.39 Å². The lowest BCUT2D eigenvalue weighted by atomic mass is 9.97. The van der Waals surface area contributed by atoms with Gasteiger partial charge >= 0.3 is 0 Å². The maximum Gasteiger partial charge on any atom is 0.223 e. The summed E-state index contributed by atoms with van der Waals surface area (Å²) in [4.78, 5) is 12.0. The lowest BCUT2D eigenvalue weighted by Crippen LogP contribution is -2.38. The molecule has 5 nitrogen and oxygen atoms in total. The van der Waals surface area contributed by atoms with Crippen LogP contribution in [0.15, 0.2) is 36.5 Å². The number of benzene rings is 1. The van der Waals surface area contributed by atoms with E-state index in [2.05, 4.69) is 15.7 Å². The maximum atomic E-state index is 12.9. The molecule has 0 spiro atoms. The Morgan fingerprint density at radius 3 is 2.74 bits per heavy atom. The third kappa shape index (κ3) is 4.16. The van der Waals surface area contributed by atoms with Crippen molar-refractivity contribution in [3.05, 3.63) is 48.0 Å². The molecule has 1 amide bonds. The van der Waals surface area contributed by atoms with Gasteiger partial charge in [-0.25, -0.2) is 9.07 Å². The number of hydrogen-bond acceptors (Lipinski definition) is 3. The predicted octanol–water partition coefficient (Wildman–Crippen LogP) is 1.67. The second kappa shape index (κ2) is 7.37. The second-order valence-corrected chi connectivity index (χ2v) is 5.79. The number of amides is 1. The van der Waals surface area contributed by atoms with Crippen LogP contribution in [0.2, 0.25) is 0 Å². The van der Waals surface area contributed by atoms with Crippen LogP contribution in [0, 0.1) is 11.7 Å². The minimum absolute atomic E-state index is 0.132. The number of halogens is 1. The van der Waals surface area contributed by atoms with Crippen LogP contribution in [0.5, 0.6) is 0 Å². The number of nitrogens with one attached hydrogen (secondary N) is 2. The number of aromatic nitrogens is 2. The first-order valence-electron chi connectivity index (χ1n) is 8.01. The van der Waals surface area contributed by atoms with Crippen molar-refractivity contribution in [1.29, 1.82) is 0 Å². The summed E-state index contributed by atoms with van der Waals surface area (Å²) < 4.78 is 14.6. The first kappa shape index (κ1) is 15.7. The molecule has 0 atom stereocenters. The molecule has 1 fully saturated rings. The van der Waals surface area contributed by atoms with Crippen molar-refractivity contribution < 1.29 is 9.18 Å². The molecular formula is C17H21FN4O. The highest BCUT2D eigenvalue weighted by Crippen LogP contribution is 2.12. The van der Waals surface area contributed by atoms with E-state index in [1.54, 1.807) is 16.8 Å². The third-order valence-electron chi connectivity index (χ3n) is 4.13. The van der Waals surface area contributed by atoms with Gasteiger partial charge in [0.05, 0.1) is 11.4 Å². The van der Waals surface area contributed by atoms with Crippen molar-refractivity contribution in [2.45, 2.75) is 19.3 Å². The molecule has 3 rings (SSSR count). The summed E-state index contributed by atoms with van der Waals surface area (Å²) >= 11 is 0. The Bertz CT molecular complexity index is 647. The van der Waals surface area contributed by atoms with Gasteiger partial charge in [-0.3, -0.25) is 4.79 Å². The molecule has 0 saturated carbocycles. The van der Waals surface area contributed by atoms with E-state index in [1.165, 1.54) is 12.1 Å². The molecule has 1 aromatic heterocycles. The van der Waals surface area contributed by atoms with Gasteiger partial charge in [-0.2, -0.15) is 5.10 Å². The molecule has 1 aliphatic heterocycles. The van der Waals surface area contributed by atoms with Crippen LogP contribution in [0.1, 0.15) is 18.5 Å². The smallest absolute Gasteiger partial charge is 0.223 e. The van der Waals surface area contributed by atoms with E-state index >= 15 is 0 Å². The standard InChI is InChI=1S/C17H21FN4O/c18-14-1-3-16(4-2-14)22-12-8-15(21-22)7-11-20-17(23)13-5-9-19-10-6-13/h1-4,8,12-13,19H,5-7,9-11H2,(H,20,23). The molecule has 0 aliphatic carbocycles. The van der Waals surface area contributed by atoms with Crippen molar-refractivity contribution in [1.82, 2.24) is 20.4 Å². The molecule has 2 aromatic rings. The van der Waals surface area contributed by atoms with Gasteiger partial charge in [-0.05, 0) is 56.3 Å². The molecule has 0 unspecified atom stereocenters. The minimum atomic E-state index is -0.262. The van der Waals surface area contributed by atoms with Gasteiger partial charge < -0.3 is 10.6 Å². The molecule has 23 heavy (non-hydrogen) atoms. The molecule has 0 bridgehead atoms. The summed E-state index contributed by atoms with van der Waals surface area (Å²) in [5.74, 6) is 0.0132. The molecule has 1 aromatic carbocycles. The number of piperidine rings is 1. The first-order chi connectivity index (χ1) is 11.2. The number of hydrogen-bond donors (Lipinski definition) is 2. The van der Waals surface area contributed by atoms with Crippen molar-refractivity contribution >= 4 is 5.91 Å². The highest BCUT2D eigenvalue weighted by molar-refractivity contribution is 5.78. The lowest BCUT2D eigenvalue weighted by Gasteiger charge is -2.21. The van der Waals surface area contributed by atoms with Crippen LogP contribution in [0.3, 0.4) is 0 Å². The minimum Gasteiger partial charge on any atom is -0.355 e. The van der Waals surface area contributed by atoms with E-state index in [0.29, 0.717) is 13.0 Å². The number of carbonyl (C=O) groups is 1. The Kier molecular flexibility index (Phi) is 5.02. The molecule has 1 saturated heterocycles. The van der Waals surface area contributed by atoms with Crippen LogP contribution < -0.4 is 10.6 Å². The van der Waals surface area contributed by atoms with Crippen molar-refractivity contribution in [3.8, 4) is 5.69 Å². The third-order valence-corrected chi connectivity index (χ3v) is 4.13. The largest absolute Gasteiger partial charge is 0.355 e. The van der Waals surface area contributed by atoms with Gasteiger partial charge in [-0.15, -0.1) is 0 Å². The summed E-state index contributed by atoms with van der Waals surface area (Å²) in [6, 6.07) is 8.11. The van der Waals surface area contributed by atoms with E-state index in [4.69, 9.17) is 0 Å². The van der Waals surface area contributed by atoms with E-state index in [9.17, 15) is 9.18 Å². The van der Waals surface area contributed by atoms with E-state index in [-0.39, 0.29) is 17.6 Å². The van der Waals surface area contributed by atoms with Gasteiger partial charge in [0.25, 0.3) is 0 Å². The summed E-state index contributed by atoms with van der Waals surface area (Å²) in [6.07, 6.45) is 4.35. The van der Waals surface area contributed by atoms with Crippen molar-refractivity contribution in [2.24, 2.45) is 5.92 Å². The van der Waals surface area contributed by atoms with Crippen LogP contribution in [0.25, 0.3) is 5.69 Å². The summed E-state index contributed by atoms with van der Waals surface area (Å²) in [5.41, 5.74) is 1.72. The Balaban J connectivity index is 1.49. The highest BCUT2D eigenvalue weighted by atomic mass is 19.1. The molecule has 1 aliphatic rings. The monoisotopic (exact) mass is 316 g/mol. The zero-order valence-corrected chi connectivity index (χ0v) is 13.0. The highest BCUT2D eigenvalue weighted by Gasteiger charge is 2.20. The van der Waals surface area contributed by atoms with Gasteiger partial charge in [0.1, 0.15) is 5.82 Å². The van der Waals surface area contributed by atoms with Crippen molar-refractivity contribution in [2.75, 3.05) is 19.6 Å². The topological polar surface area (TPSA) is 59.0 Å². The number of carbonyl (C=O) groups excluding carboxylic acids is 1. The number of nitrogens with zero attached hydrogens (tertiary/aromatic N) is 2. The average molecular weight is 316 g/mol. The fourth-order valence-corrected chi connectivity index (χ4v) is 2.77. The predicted molar refractivity (Wildman–Crippen MR) is 85.8 cm³/mol. The lowest BCUT2D eigenvalue weighted by molar-refractivity contribution is -0.125. The van der Waals surface area contributed by atoms with Crippen molar-refractivity contribution in [3.63, 3.8) is 0 Å². The fraction of sp³-hybridized carbons (Fsp3) is 0.412. The molecule has 6 heteroatoms. The molecule has 2 N–H and O–H groups in total. The summed E-state index contributed by atoms with van der Waals surface area (Å²) in [6.45, 7) is 2.42. The van der Waals surface area contributed by atoms with E-state index < -0.39 is 0 Å². The zero-order valence-electron chi connectivity index (χ0n) is 13.0. The van der Waals surface area contributed by atoms with E-state index in [1.807, 2.05) is 12.3 Å². The number of rotatable bonds is 5. The molecule has 2 heterocycles. The SMILES string of the molecule is O=C(NCCc1ccn(-c2ccc(F)cc2)n1)C1CCNCC1. The van der Waals surface area contributed by atoms with Crippen LogP contribution in [-0.2, 0) is 11.2 Å². The fourth-order valence-electron chi connectivity index (χ4n) is 2.77. The normalized spacial score (nSPS) is 15.5. The van der Waals surface area contributed by atoms with Gasteiger partial charge in [0.15, 0.2) is 0 Å². The molecular weight excluding hydrogens is 295 g/mol. The van der Waals surface area contributed by atoms with Gasteiger partial charge in [0, 0.05) is 25.1 Å². The average Bonchev–Trinajstić information content (AvgIpc) is 3.05. The Hall–Kier alpha value is -2.21. The quantitative estimate of drug-likeness (QED) is 0.882. The van der Waals surface area contributed by atoms with Crippen LogP contribution >= 0.6 is 0 Å². The summed E-state index contributed by atoms with van der Waals surface area (Å²) in [7, 11) is 0. The zero-order chi connectivity index (χ0) is 16.1. The maximum absolute atomic E-state index is 12.9. The molecule has 0 radical (unpaired) electrons. The van der Waals surface area contributed by atoms with Gasteiger partial charge in [-0.1, -0.05) is 0 Å². The van der Waals surface area contributed by atoms with E-state index in [0.717, 1.165) is 37.3 Å². The Labute approximate surface area is 134 Å². The van der Waals surface area contributed by atoms with Crippen LogP contribution in [-0.4, -0.2) is 35.3 Å². The Morgan fingerprint density at radius 2 is 2.00 bits per heavy atom. The Morgan fingerprint density at radius 1 is 1.26 bits per heavy atom. The first-order valence-corrected chi connectivity index (χ1v) is 8.01. The molecule has 122 valence electrons. The van der Waals surface area contributed by atoms with Gasteiger partial charge in [0.2, 0.25) is 5.91 Å². The summed E-state index contributed by atoms with van der Waals surface area (Å²) in [5, 5.41) is 10.7. The second-order valence-electron chi connectivity index (χ2n) is 5.79.